The molecule has 7 nitrogen and oxygen atoms in total. The molecular formula is C19H20N4O3S. The van der Waals surface area contributed by atoms with Gasteiger partial charge in [0, 0.05) is 24.7 Å². The summed E-state index contributed by atoms with van der Waals surface area (Å²) < 4.78 is 2.37. The van der Waals surface area contributed by atoms with E-state index in [1.165, 1.54) is 21.1 Å². The zero-order valence-corrected chi connectivity index (χ0v) is 16.0. The summed E-state index contributed by atoms with van der Waals surface area (Å²) in [6.45, 7) is 0.232. The summed E-state index contributed by atoms with van der Waals surface area (Å²) in [7, 11) is 1.49. The van der Waals surface area contributed by atoms with E-state index in [4.69, 9.17) is 0 Å². The van der Waals surface area contributed by atoms with E-state index < -0.39 is 11.1 Å². The van der Waals surface area contributed by atoms with Gasteiger partial charge in [0.25, 0.3) is 0 Å². The van der Waals surface area contributed by atoms with Gasteiger partial charge in [0.05, 0.1) is 5.52 Å². The molecule has 27 heavy (non-hydrogen) atoms. The van der Waals surface area contributed by atoms with Gasteiger partial charge in [0.1, 0.15) is 6.54 Å². The van der Waals surface area contributed by atoms with Crippen LogP contribution in [0.15, 0.2) is 57.1 Å². The Labute approximate surface area is 160 Å². The number of fused-ring (bicyclic) bond motifs is 1. The van der Waals surface area contributed by atoms with Crippen molar-refractivity contribution >= 4 is 28.8 Å². The van der Waals surface area contributed by atoms with Crippen LogP contribution in [0.1, 0.15) is 5.56 Å². The first kappa shape index (κ1) is 18.9. The van der Waals surface area contributed by atoms with Crippen molar-refractivity contribution in [1.29, 1.82) is 0 Å². The van der Waals surface area contributed by atoms with Gasteiger partial charge in [-0.25, -0.2) is 4.98 Å². The maximum absolute atomic E-state index is 12.3. The summed E-state index contributed by atoms with van der Waals surface area (Å²) in [6.07, 6.45) is 4.25. The second-order valence-electron chi connectivity index (χ2n) is 6.05. The first-order valence-corrected chi connectivity index (χ1v) is 9.68. The number of nitrogens with zero attached hydrogens (tertiary/aromatic N) is 3. The van der Waals surface area contributed by atoms with E-state index in [1.807, 2.05) is 30.5 Å². The molecule has 0 saturated heterocycles. The van der Waals surface area contributed by atoms with E-state index in [0.29, 0.717) is 24.1 Å². The minimum atomic E-state index is -0.735. The predicted molar refractivity (Wildman–Crippen MR) is 106 cm³/mol. The number of nitrogens with one attached hydrogen (secondary N) is 1. The summed E-state index contributed by atoms with van der Waals surface area (Å²) in [6, 6.07) is 11.5. The lowest BCUT2D eigenvalue weighted by Gasteiger charge is -2.12. The van der Waals surface area contributed by atoms with Crippen molar-refractivity contribution in [2.24, 2.45) is 7.05 Å². The molecule has 0 spiro atoms. The fourth-order valence-corrected chi connectivity index (χ4v) is 3.23. The van der Waals surface area contributed by atoms with Crippen LogP contribution in [0.25, 0.3) is 11.2 Å². The average molecular weight is 384 g/mol. The SMILES string of the molecule is CSc1ccc(CCNC(=O)Cn2c(=O)c(=O)n(C)c3ncccc32)cc1. The molecule has 140 valence electrons. The maximum Gasteiger partial charge on any atom is 0.317 e. The van der Waals surface area contributed by atoms with Crippen LogP contribution in [0.3, 0.4) is 0 Å². The van der Waals surface area contributed by atoms with Gasteiger partial charge in [0.15, 0.2) is 5.65 Å². The topological polar surface area (TPSA) is 86.0 Å². The first-order chi connectivity index (χ1) is 13.0. The van der Waals surface area contributed by atoms with Gasteiger partial charge >= 0.3 is 11.1 Å². The Morgan fingerprint density at radius 3 is 2.59 bits per heavy atom. The smallest absolute Gasteiger partial charge is 0.317 e. The molecule has 0 aliphatic carbocycles. The third-order valence-corrected chi connectivity index (χ3v) is 5.05. The van der Waals surface area contributed by atoms with Crippen molar-refractivity contribution in [2.45, 2.75) is 17.9 Å². The molecule has 0 atom stereocenters. The summed E-state index contributed by atoms with van der Waals surface area (Å²) in [4.78, 5) is 42.0. The first-order valence-electron chi connectivity index (χ1n) is 8.45. The van der Waals surface area contributed by atoms with Crippen LogP contribution in [-0.2, 0) is 24.8 Å². The normalized spacial score (nSPS) is 10.9. The molecule has 0 fully saturated rings. The Morgan fingerprint density at radius 2 is 1.89 bits per heavy atom. The molecule has 3 rings (SSSR count). The van der Waals surface area contributed by atoms with Crippen LogP contribution >= 0.6 is 11.8 Å². The fraction of sp³-hybridized carbons (Fsp3) is 0.263. The van der Waals surface area contributed by atoms with Crippen molar-refractivity contribution in [1.82, 2.24) is 19.4 Å². The van der Waals surface area contributed by atoms with Crippen molar-refractivity contribution < 1.29 is 4.79 Å². The van der Waals surface area contributed by atoms with E-state index in [1.54, 1.807) is 30.1 Å². The number of amides is 1. The van der Waals surface area contributed by atoms with Gasteiger partial charge in [-0.2, -0.15) is 0 Å². The summed E-state index contributed by atoms with van der Waals surface area (Å²) in [5.74, 6) is -0.323. The molecule has 0 radical (unpaired) electrons. The maximum atomic E-state index is 12.3. The average Bonchev–Trinajstić information content (AvgIpc) is 2.70. The van der Waals surface area contributed by atoms with E-state index in [2.05, 4.69) is 10.3 Å². The number of rotatable bonds is 6. The predicted octanol–water partition coefficient (Wildman–Crippen LogP) is 1.18. The van der Waals surface area contributed by atoms with E-state index in [0.717, 1.165) is 5.56 Å². The minimum Gasteiger partial charge on any atom is -0.354 e. The Bertz CT molecular complexity index is 1090. The Morgan fingerprint density at radius 1 is 1.15 bits per heavy atom. The fourth-order valence-electron chi connectivity index (χ4n) is 2.82. The molecule has 0 unspecified atom stereocenters. The van der Waals surface area contributed by atoms with Crippen LogP contribution in [-0.4, -0.2) is 32.8 Å². The molecule has 2 heterocycles. The third kappa shape index (κ3) is 4.11. The van der Waals surface area contributed by atoms with Gasteiger partial charge in [-0.05, 0) is 42.5 Å². The number of hydrogen-bond acceptors (Lipinski definition) is 5. The summed E-state index contributed by atoms with van der Waals surface area (Å²) in [5, 5.41) is 2.80. The Hall–Kier alpha value is -2.87. The van der Waals surface area contributed by atoms with Crippen molar-refractivity contribution in [2.75, 3.05) is 12.8 Å². The highest BCUT2D eigenvalue weighted by molar-refractivity contribution is 7.98. The van der Waals surface area contributed by atoms with Crippen LogP contribution in [0.5, 0.6) is 0 Å². The number of carbonyl (C=O) groups is 1. The highest BCUT2D eigenvalue weighted by Gasteiger charge is 2.14. The molecule has 1 amide bonds. The van der Waals surface area contributed by atoms with Gasteiger partial charge in [-0.1, -0.05) is 12.1 Å². The molecule has 8 heteroatoms. The standard InChI is InChI=1S/C19H20N4O3S/c1-22-17-15(4-3-10-21-17)23(19(26)18(22)25)12-16(24)20-11-9-13-5-7-14(27-2)8-6-13/h3-8,10H,9,11-12H2,1-2H3,(H,20,24). The van der Waals surface area contributed by atoms with Crippen LogP contribution in [0, 0.1) is 0 Å². The summed E-state index contributed by atoms with van der Waals surface area (Å²) in [5.41, 5.74) is 0.494. The number of aromatic nitrogens is 3. The number of benzene rings is 1. The molecule has 1 N–H and O–H groups in total. The lowest BCUT2D eigenvalue weighted by molar-refractivity contribution is -0.121. The van der Waals surface area contributed by atoms with E-state index >= 15 is 0 Å². The highest BCUT2D eigenvalue weighted by Crippen LogP contribution is 2.14. The van der Waals surface area contributed by atoms with E-state index in [-0.39, 0.29) is 12.5 Å². The monoisotopic (exact) mass is 384 g/mol. The molecule has 3 aromatic rings. The zero-order chi connectivity index (χ0) is 19.4. The zero-order valence-electron chi connectivity index (χ0n) is 15.1. The van der Waals surface area contributed by atoms with Crippen LogP contribution in [0.2, 0.25) is 0 Å². The number of hydrogen-bond donors (Lipinski definition) is 1. The summed E-state index contributed by atoms with van der Waals surface area (Å²) >= 11 is 1.68. The quantitative estimate of drug-likeness (QED) is 0.509. The van der Waals surface area contributed by atoms with Crippen molar-refractivity contribution in [3.63, 3.8) is 0 Å². The van der Waals surface area contributed by atoms with E-state index in [9.17, 15) is 14.4 Å². The highest BCUT2D eigenvalue weighted by atomic mass is 32.2. The lowest BCUT2D eigenvalue weighted by Crippen LogP contribution is -2.43. The molecular weight excluding hydrogens is 364 g/mol. The molecule has 0 bridgehead atoms. The number of pyridine rings is 1. The largest absolute Gasteiger partial charge is 0.354 e. The number of thioether (sulfide) groups is 1. The lowest BCUT2D eigenvalue weighted by atomic mass is 10.1. The molecule has 2 aromatic heterocycles. The van der Waals surface area contributed by atoms with Gasteiger partial charge in [-0.3, -0.25) is 23.5 Å². The van der Waals surface area contributed by atoms with Crippen molar-refractivity contribution in [3.05, 3.63) is 68.9 Å². The minimum absolute atomic E-state index is 0.220. The third-order valence-electron chi connectivity index (χ3n) is 4.30. The van der Waals surface area contributed by atoms with Gasteiger partial charge < -0.3 is 5.32 Å². The molecule has 0 aliphatic rings. The van der Waals surface area contributed by atoms with Gasteiger partial charge in [-0.15, -0.1) is 11.8 Å². The molecule has 1 aromatic carbocycles. The van der Waals surface area contributed by atoms with Crippen LogP contribution < -0.4 is 16.4 Å². The molecule has 0 aliphatic heterocycles. The second-order valence-corrected chi connectivity index (χ2v) is 6.93. The number of aryl methyl sites for hydroxylation is 1. The Kier molecular flexibility index (Phi) is 5.75. The second kappa shape index (κ2) is 8.22. The molecule has 0 saturated carbocycles. The number of carbonyl (C=O) groups excluding carboxylic acids is 1. The van der Waals surface area contributed by atoms with Crippen molar-refractivity contribution in [3.8, 4) is 0 Å². The van der Waals surface area contributed by atoms with Crippen LogP contribution in [0.4, 0.5) is 0 Å². The Balaban J connectivity index is 1.71. The van der Waals surface area contributed by atoms with Gasteiger partial charge in [0.2, 0.25) is 5.91 Å².